The van der Waals surface area contributed by atoms with Gasteiger partial charge in [0.15, 0.2) is 0 Å². The summed E-state index contributed by atoms with van der Waals surface area (Å²) in [5, 5.41) is 3.53. The number of carbonyl (C=O) groups is 1. The van der Waals surface area contributed by atoms with Crippen LogP contribution in [0.25, 0.3) is 0 Å². The maximum atomic E-state index is 13.0. The lowest BCUT2D eigenvalue weighted by atomic mass is 10.0. The first-order valence-corrected chi connectivity index (χ1v) is 7.19. The van der Waals surface area contributed by atoms with E-state index in [4.69, 9.17) is 0 Å². The number of nitrogens with zero attached hydrogens (tertiary/aromatic N) is 1. The van der Waals surface area contributed by atoms with Crippen molar-refractivity contribution >= 4 is 5.91 Å². The highest BCUT2D eigenvalue weighted by Crippen LogP contribution is 2.41. The number of amides is 1. The van der Waals surface area contributed by atoms with Crippen molar-refractivity contribution in [1.82, 2.24) is 10.2 Å². The Labute approximate surface area is 120 Å². The Bertz CT molecular complexity index is 454. The Hall–Kier alpha value is -1.42. The monoisotopic (exact) mass is 278 g/mol. The van der Waals surface area contributed by atoms with Gasteiger partial charge in [-0.3, -0.25) is 4.79 Å². The van der Waals surface area contributed by atoms with Crippen molar-refractivity contribution in [2.24, 2.45) is 5.92 Å². The van der Waals surface area contributed by atoms with Crippen LogP contribution in [-0.4, -0.2) is 30.9 Å². The third kappa shape index (κ3) is 4.04. The summed E-state index contributed by atoms with van der Waals surface area (Å²) in [6.07, 6.45) is 2.88. The minimum absolute atomic E-state index is 0.112. The van der Waals surface area contributed by atoms with Gasteiger partial charge in [-0.05, 0) is 43.4 Å². The van der Waals surface area contributed by atoms with Gasteiger partial charge in [-0.15, -0.1) is 0 Å². The molecule has 0 aliphatic heterocycles. The molecule has 1 amide bonds. The van der Waals surface area contributed by atoms with E-state index in [9.17, 15) is 9.18 Å². The number of nitrogens with one attached hydrogen (secondary N) is 1. The van der Waals surface area contributed by atoms with Crippen LogP contribution in [0.4, 0.5) is 4.39 Å². The largest absolute Gasteiger partial charge is 0.349 e. The summed E-state index contributed by atoms with van der Waals surface area (Å²) in [7, 11) is 3.54. The molecular formula is C16H23FN2O. The molecule has 1 fully saturated rings. The zero-order valence-electron chi connectivity index (χ0n) is 12.4. The highest BCUT2D eigenvalue weighted by molar-refractivity contribution is 5.76. The Kier molecular flexibility index (Phi) is 4.76. The quantitative estimate of drug-likeness (QED) is 0.868. The number of carbonyl (C=O) groups excluding carboxylic acids is 1. The molecule has 1 aromatic rings. The van der Waals surface area contributed by atoms with Crippen molar-refractivity contribution in [2.75, 3.05) is 14.1 Å². The molecule has 4 heteroatoms. The van der Waals surface area contributed by atoms with Crippen LogP contribution in [0.3, 0.4) is 0 Å². The van der Waals surface area contributed by atoms with Crippen LogP contribution in [0.15, 0.2) is 24.3 Å². The molecule has 1 N–H and O–H groups in total. The van der Waals surface area contributed by atoms with Gasteiger partial charge in [0, 0.05) is 32.6 Å². The van der Waals surface area contributed by atoms with Crippen molar-refractivity contribution in [3.63, 3.8) is 0 Å². The van der Waals surface area contributed by atoms with E-state index in [2.05, 4.69) is 5.32 Å². The molecular weight excluding hydrogens is 255 g/mol. The molecule has 20 heavy (non-hydrogen) atoms. The minimum atomic E-state index is -0.209. The van der Waals surface area contributed by atoms with E-state index in [1.165, 1.54) is 25.0 Å². The smallest absolute Gasteiger partial charge is 0.223 e. The Balaban J connectivity index is 1.99. The highest BCUT2D eigenvalue weighted by Gasteiger charge is 2.33. The SMILES string of the molecule is CC(CC(=O)N(C)C)NC(c1ccc(F)cc1)C1CC1. The molecule has 2 atom stereocenters. The molecule has 3 nitrogen and oxygen atoms in total. The van der Waals surface area contributed by atoms with E-state index in [-0.39, 0.29) is 23.8 Å². The van der Waals surface area contributed by atoms with Gasteiger partial charge in [-0.25, -0.2) is 4.39 Å². The lowest BCUT2D eigenvalue weighted by Crippen LogP contribution is -2.36. The van der Waals surface area contributed by atoms with Gasteiger partial charge < -0.3 is 10.2 Å². The van der Waals surface area contributed by atoms with Gasteiger partial charge in [-0.1, -0.05) is 12.1 Å². The van der Waals surface area contributed by atoms with Crippen LogP contribution in [-0.2, 0) is 4.79 Å². The predicted octanol–water partition coefficient (Wildman–Crippen LogP) is 2.73. The van der Waals surface area contributed by atoms with Crippen molar-refractivity contribution in [3.8, 4) is 0 Å². The van der Waals surface area contributed by atoms with Gasteiger partial charge in [0.2, 0.25) is 5.91 Å². The van der Waals surface area contributed by atoms with Gasteiger partial charge in [0.05, 0.1) is 0 Å². The number of benzene rings is 1. The molecule has 2 rings (SSSR count). The molecule has 110 valence electrons. The highest BCUT2D eigenvalue weighted by atomic mass is 19.1. The van der Waals surface area contributed by atoms with Crippen LogP contribution in [0.5, 0.6) is 0 Å². The number of rotatable bonds is 6. The first-order chi connectivity index (χ1) is 9.47. The zero-order chi connectivity index (χ0) is 14.7. The van der Waals surface area contributed by atoms with E-state index in [1.807, 2.05) is 19.1 Å². The second-order valence-corrected chi connectivity index (χ2v) is 5.93. The first kappa shape index (κ1) is 15.0. The molecule has 2 unspecified atom stereocenters. The average molecular weight is 278 g/mol. The maximum absolute atomic E-state index is 13.0. The Morgan fingerprint density at radius 2 is 1.95 bits per heavy atom. The summed E-state index contributed by atoms with van der Waals surface area (Å²) < 4.78 is 13.0. The van der Waals surface area contributed by atoms with Crippen LogP contribution < -0.4 is 5.32 Å². The summed E-state index contributed by atoms with van der Waals surface area (Å²) in [5.41, 5.74) is 1.11. The third-order valence-electron chi connectivity index (χ3n) is 3.77. The average Bonchev–Trinajstić information content (AvgIpc) is 3.21. The summed E-state index contributed by atoms with van der Waals surface area (Å²) in [5.74, 6) is 0.523. The molecule has 1 aliphatic carbocycles. The van der Waals surface area contributed by atoms with Crippen molar-refractivity contribution in [3.05, 3.63) is 35.6 Å². The van der Waals surface area contributed by atoms with Crippen LogP contribution >= 0.6 is 0 Å². The van der Waals surface area contributed by atoms with Gasteiger partial charge in [0.25, 0.3) is 0 Å². The molecule has 0 radical (unpaired) electrons. The van der Waals surface area contributed by atoms with Gasteiger partial charge in [-0.2, -0.15) is 0 Å². The van der Waals surface area contributed by atoms with E-state index >= 15 is 0 Å². The Morgan fingerprint density at radius 3 is 2.45 bits per heavy atom. The van der Waals surface area contributed by atoms with Gasteiger partial charge in [0.1, 0.15) is 5.82 Å². The Morgan fingerprint density at radius 1 is 1.35 bits per heavy atom. The number of hydrogen-bond donors (Lipinski definition) is 1. The normalized spacial score (nSPS) is 17.6. The van der Waals surface area contributed by atoms with E-state index < -0.39 is 0 Å². The van der Waals surface area contributed by atoms with Crippen molar-refractivity contribution in [1.29, 1.82) is 0 Å². The van der Waals surface area contributed by atoms with Crippen LogP contribution in [0, 0.1) is 11.7 Å². The first-order valence-electron chi connectivity index (χ1n) is 7.19. The molecule has 0 spiro atoms. The summed E-state index contributed by atoms with van der Waals surface area (Å²) in [4.78, 5) is 13.4. The lowest BCUT2D eigenvalue weighted by Gasteiger charge is -2.24. The lowest BCUT2D eigenvalue weighted by molar-refractivity contribution is -0.129. The maximum Gasteiger partial charge on any atom is 0.223 e. The standard InChI is InChI=1S/C16H23FN2O/c1-11(10-15(20)19(2)3)18-16(12-4-5-12)13-6-8-14(17)9-7-13/h6-9,11-12,16,18H,4-5,10H2,1-3H3. The second-order valence-electron chi connectivity index (χ2n) is 5.93. The van der Waals surface area contributed by atoms with Gasteiger partial charge >= 0.3 is 0 Å². The molecule has 0 bridgehead atoms. The summed E-state index contributed by atoms with van der Waals surface area (Å²) >= 11 is 0. The third-order valence-corrected chi connectivity index (χ3v) is 3.77. The second kappa shape index (κ2) is 6.35. The van der Waals surface area contributed by atoms with Crippen LogP contribution in [0.2, 0.25) is 0 Å². The minimum Gasteiger partial charge on any atom is -0.349 e. The molecule has 1 aromatic carbocycles. The fraction of sp³-hybridized carbons (Fsp3) is 0.562. The molecule has 0 heterocycles. The summed E-state index contributed by atoms with van der Waals surface area (Å²) in [6, 6.07) is 7.02. The van der Waals surface area contributed by atoms with Crippen molar-refractivity contribution < 1.29 is 9.18 Å². The van der Waals surface area contributed by atoms with E-state index in [1.54, 1.807) is 19.0 Å². The van der Waals surface area contributed by atoms with E-state index in [0.717, 1.165) is 5.56 Å². The number of halogens is 1. The zero-order valence-corrected chi connectivity index (χ0v) is 12.4. The number of hydrogen-bond acceptors (Lipinski definition) is 2. The predicted molar refractivity (Wildman–Crippen MR) is 77.8 cm³/mol. The van der Waals surface area contributed by atoms with Crippen LogP contribution in [0.1, 0.15) is 37.8 Å². The molecule has 1 aliphatic rings. The fourth-order valence-corrected chi connectivity index (χ4v) is 2.41. The molecule has 0 aromatic heterocycles. The van der Waals surface area contributed by atoms with E-state index in [0.29, 0.717) is 12.3 Å². The fourth-order valence-electron chi connectivity index (χ4n) is 2.41. The summed E-state index contributed by atoms with van der Waals surface area (Å²) in [6.45, 7) is 2.03. The molecule has 0 saturated heterocycles. The molecule has 1 saturated carbocycles. The van der Waals surface area contributed by atoms with Crippen molar-refractivity contribution in [2.45, 2.75) is 38.3 Å². The topological polar surface area (TPSA) is 32.3 Å².